The summed E-state index contributed by atoms with van der Waals surface area (Å²) in [5.41, 5.74) is 0.671. The molecule has 0 spiro atoms. The predicted molar refractivity (Wildman–Crippen MR) is 81.0 cm³/mol. The fourth-order valence-corrected chi connectivity index (χ4v) is 2.48. The van der Waals surface area contributed by atoms with Crippen molar-refractivity contribution in [3.63, 3.8) is 0 Å². The summed E-state index contributed by atoms with van der Waals surface area (Å²) in [7, 11) is 0. The van der Waals surface area contributed by atoms with Crippen LogP contribution in [-0.4, -0.2) is 36.0 Å². The summed E-state index contributed by atoms with van der Waals surface area (Å²) >= 11 is 0. The van der Waals surface area contributed by atoms with Gasteiger partial charge in [0, 0.05) is 13.1 Å². The topological polar surface area (TPSA) is 70.4 Å². The molecule has 1 aromatic rings. The van der Waals surface area contributed by atoms with Gasteiger partial charge in [-0.15, -0.1) is 0 Å². The second kappa shape index (κ2) is 7.08. The molecule has 5 heteroatoms. The number of rotatable bonds is 3. The van der Waals surface area contributed by atoms with Gasteiger partial charge in [-0.05, 0) is 43.9 Å². The second-order valence-electron chi connectivity index (χ2n) is 5.75. The van der Waals surface area contributed by atoms with Gasteiger partial charge in [-0.3, -0.25) is 4.79 Å². The first-order chi connectivity index (χ1) is 10.5. The van der Waals surface area contributed by atoms with Gasteiger partial charge in [0.1, 0.15) is 0 Å². The number of piperidine rings is 1. The molecule has 0 bridgehead atoms. The number of benzene rings is 1. The normalized spacial score (nSPS) is 16.7. The highest BCUT2D eigenvalue weighted by Crippen LogP contribution is 2.17. The van der Waals surface area contributed by atoms with Crippen molar-refractivity contribution in [2.45, 2.75) is 32.8 Å². The molecule has 0 radical (unpaired) electrons. The van der Waals surface area contributed by atoms with Crippen LogP contribution in [0.1, 0.15) is 42.6 Å². The lowest BCUT2D eigenvalue weighted by molar-refractivity contribution is -0.141. The molecule has 0 unspecified atom stereocenters. The Kier molecular flexibility index (Phi) is 5.16. The first-order valence-electron chi connectivity index (χ1n) is 7.51. The minimum Gasteiger partial charge on any atom is -0.449 e. The zero-order chi connectivity index (χ0) is 16.1. The minimum absolute atomic E-state index is 0.156. The first-order valence-corrected chi connectivity index (χ1v) is 7.51. The standard InChI is InChI=1S/C17H20N2O3/c1-12-6-8-19(9-7-12)16(20)13(2)22-17(21)15-5-3-4-14(10-15)11-18/h3-5,10,12-13H,6-9H2,1-2H3/t13-/m1/s1. The summed E-state index contributed by atoms with van der Waals surface area (Å²) in [6, 6.07) is 8.23. The van der Waals surface area contributed by atoms with Crippen LogP contribution in [0.2, 0.25) is 0 Å². The Bertz CT molecular complexity index is 598. The van der Waals surface area contributed by atoms with Crippen LogP contribution in [0.4, 0.5) is 0 Å². The highest BCUT2D eigenvalue weighted by atomic mass is 16.5. The average Bonchev–Trinajstić information content (AvgIpc) is 2.54. The second-order valence-corrected chi connectivity index (χ2v) is 5.75. The predicted octanol–water partition coefficient (Wildman–Crippen LogP) is 2.36. The molecule has 0 aliphatic carbocycles. The number of likely N-dealkylation sites (tertiary alicyclic amines) is 1. The van der Waals surface area contributed by atoms with Crippen molar-refractivity contribution in [1.82, 2.24) is 4.90 Å². The van der Waals surface area contributed by atoms with Crippen LogP contribution in [0, 0.1) is 17.2 Å². The molecule has 0 aromatic heterocycles. The molecule has 2 rings (SSSR count). The molecule has 1 saturated heterocycles. The number of esters is 1. The number of nitrogens with zero attached hydrogens (tertiary/aromatic N) is 2. The number of carbonyl (C=O) groups is 2. The molecule has 0 N–H and O–H groups in total. The lowest BCUT2D eigenvalue weighted by Crippen LogP contribution is -2.44. The third-order valence-electron chi connectivity index (χ3n) is 3.95. The molecule has 1 amide bonds. The summed E-state index contributed by atoms with van der Waals surface area (Å²) in [5.74, 6) is -0.101. The van der Waals surface area contributed by atoms with Crippen LogP contribution < -0.4 is 0 Å². The van der Waals surface area contributed by atoms with E-state index in [2.05, 4.69) is 6.92 Å². The summed E-state index contributed by atoms with van der Waals surface area (Å²) < 4.78 is 5.24. The van der Waals surface area contributed by atoms with Crippen LogP contribution in [0.5, 0.6) is 0 Å². The number of nitriles is 1. The van der Waals surface area contributed by atoms with Crippen molar-refractivity contribution in [3.05, 3.63) is 35.4 Å². The van der Waals surface area contributed by atoms with Gasteiger partial charge in [-0.1, -0.05) is 13.0 Å². The van der Waals surface area contributed by atoms with E-state index in [9.17, 15) is 9.59 Å². The van der Waals surface area contributed by atoms with E-state index in [1.165, 1.54) is 6.07 Å². The van der Waals surface area contributed by atoms with Crippen LogP contribution in [0.25, 0.3) is 0 Å². The minimum atomic E-state index is -0.813. The quantitative estimate of drug-likeness (QED) is 0.803. The molecule has 1 atom stereocenters. The highest BCUT2D eigenvalue weighted by Gasteiger charge is 2.27. The maximum atomic E-state index is 12.3. The van der Waals surface area contributed by atoms with E-state index in [1.807, 2.05) is 6.07 Å². The van der Waals surface area contributed by atoms with Crippen molar-refractivity contribution in [1.29, 1.82) is 5.26 Å². The monoisotopic (exact) mass is 300 g/mol. The Hall–Kier alpha value is -2.35. The number of ether oxygens (including phenoxy) is 1. The third-order valence-corrected chi connectivity index (χ3v) is 3.95. The van der Waals surface area contributed by atoms with E-state index >= 15 is 0 Å². The lowest BCUT2D eigenvalue weighted by atomic mass is 9.99. The third kappa shape index (κ3) is 3.85. The average molecular weight is 300 g/mol. The Labute approximate surface area is 130 Å². The summed E-state index contributed by atoms with van der Waals surface area (Å²) in [6.07, 6.45) is 1.15. The van der Waals surface area contributed by atoms with Gasteiger partial charge in [0.15, 0.2) is 6.10 Å². The van der Waals surface area contributed by atoms with Crippen LogP contribution in [-0.2, 0) is 9.53 Å². The smallest absolute Gasteiger partial charge is 0.338 e. The summed E-state index contributed by atoms with van der Waals surface area (Å²) in [6.45, 7) is 5.19. The largest absolute Gasteiger partial charge is 0.449 e. The van der Waals surface area contributed by atoms with Gasteiger partial charge in [-0.25, -0.2) is 4.79 Å². The van der Waals surface area contributed by atoms with Gasteiger partial charge >= 0.3 is 5.97 Å². The molecule has 1 aliphatic rings. The van der Waals surface area contributed by atoms with Crippen LogP contribution in [0.15, 0.2) is 24.3 Å². The summed E-state index contributed by atoms with van der Waals surface area (Å²) in [5, 5.41) is 8.84. The highest BCUT2D eigenvalue weighted by molar-refractivity contribution is 5.92. The van der Waals surface area contributed by atoms with Crippen molar-refractivity contribution < 1.29 is 14.3 Å². The zero-order valence-corrected chi connectivity index (χ0v) is 12.9. The zero-order valence-electron chi connectivity index (χ0n) is 12.9. The van der Waals surface area contributed by atoms with Gasteiger partial charge in [0.05, 0.1) is 17.2 Å². The van der Waals surface area contributed by atoms with E-state index in [0.29, 0.717) is 24.6 Å². The SMILES string of the molecule is CC1CCN(C(=O)[C@@H](C)OC(=O)c2cccc(C#N)c2)CC1. The number of amides is 1. The maximum Gasteiger partial charge on any atom is 0.338 e. The maximum absolute atomic E-state index is 12.3. The molecular weight excluding hydrogens is 280 g/mol. The Balaban J connectivity index is 1.96. The fraction of sp³-hybridized carbons (Fsp3) is 0.471. The molecule has 1 aliphatic heterocycles. The van der Waals surface area contributed by atoms with Crippen LogP contribution >= 0.6 is 0 Å². The van der Waals surface area contributed by atoms with E-state index in [0.717, 1.165) is 12.8 Å². The summed E-state index contributed by atoms with van der Waals surface area (Å²) in [4.78, 5) is 26.1. The molecule has 116 valence electrons. The molecular formula is C17H20N2O3. The van der Waals surface area contributed by atoms with E-state index in [1.54, 1.807) is 30.0 Å². The van der Waals surface area contributed by atoms with Gasteiger partial charge in [-0.2, -0.15) is 5.26 Å². The Morgan fingerprint density at radius 1 is 1.36 bits per heavy atom. The number of carbonyl (C=O) groups excluding carboxylic acids is 2. The van der Waals surface area contributed by atoms with Crippen molar-refractivity contribution >= 4 is 11.9 Å². The fourth-order valence-electron chi connectivity index (χ4n) is 2.48. The molecule has 0 saturated carbocycles. The van der Waals surface area contributed by atoms with Crippen LogP contribution in [0.3, 0.4) is 0 Å². The molecule has 1 fully saturated rings. The first kappa shape index (κ1) is 16.0. The lowest BCUT2D eigenvalue weighted by Gasteiger charge is -2.31. The van der Waals surface area contributed by atoms with E-state index in [4.69, 9.17) is 10.00 Å². The van der Waals surface area contributed by atoms with Gasteiger partial charge < -0.3 is 9.64 Å². The molecule has 5 nitrogen and oxygen atoms in total. The van der Waals surface area contributed by atoms with Crippen molar-refractivity contribution in [2.24, 2.45) is 5.92 Å². The van der Waals surface area contributed by atoms with Crippen molar-refractivity contribution in [2.75, 3.05) is 13.1 Å². The van der Waals surface area contributed by atoms with E-state index in [-0.39, 0.29) is 11.5 Å². The molecule has 22 heavy (non-hydrogen) atoms. The van der Waals surface area contributed by atoms with E-state index < -0.39 is 12.1 Å². The molecule has 1 heterocycles. The van der Waals surface area contributed by atoms with Gasteiger partial charge in [0.25, 0.3) is 5.91 Å². The Morgan fingerprint density at radius 2 is 2.05 bits per heavy atom. The Morgan fingerprint density at radius 3 is 2.68 bits per heavy atom. The molecule has 1 aromatic carbocycles. The van der Waals surface area contributed by atoms with Gasteiger partial charge in [0.2, 0.25) is 0 Å². The number of hydrogen-bond acceptors (Lipinski definition) is 4. The number of hydrogen-bond donors (Lipinski definition) is 0. The van der Waals surface area contributed by atoms with Crippen molar-refractivity contribution in [3.8, 4) is 6.07 Å².